The average Bonchev–Trinajstić information content (AvgIpc) is 2.09. The molecule has 0 unspecified atom stereocenters. The first-order valence-electron chi connectivity index (χ1n) is 6.24. The highest BCUT2D eigenvalue weighted by Crippen LogP contribution is 2.31. The smallest absolute Gasteiger partial charge is 0.338 e. The van der Waals surface area contributed by atoms with Crippen molar-refractivity contribution in [3.63, 3.8) is 0 Å². The molecule has 0 radical (unpaired) electrons. The Morgan fingerprint density at radius 2 is 1.10 bits per heavy atom. The molecule has 1 aromatic carbocycles. The second kappa shape index (κ2) is 5.65. The predicted octanol–water partition coefficient (Wildman–Crippen LogP) is 4.44. The fraction of sp³-hybridized carbons (Fsp3) is 0.462. The van der Waals surface area contributed by atoms with Crippen LogP contribution in [-0.2, 0) is 0 Å². The van der Waals surface area contributed by atoms with E-state index >= 15 is 0 Å². The van der Waals surface area contributed by atoms with E-state index < -0.39 is 22.1 Å². The van der Waals surface area contributed by atoms with Gasteiger partial charge in [-0.05, 0) is 10.4 Å². The van der Waals surface area contributed by atoms with Crippen molar-refractivity contribution in [1.29, 1.82) is 0 Å². The fourth-order valence-electron chi connectivity index (χ4n) is 2.17. The summed E-state index contributed by atoms with van der Waals surface area (Å²) in [5.41, 5.74) is -0.00687. The molecule has 7 heteroatoms. The van der Waals surface area contributed by atoms with E-state index in [2.05, 4.69) is 39.3 Å². The van der Waals surface area contributed by atoms with Crippen LogP contribution in [0.1, 0.15) is 10.4 Å². The summed E-state index contributed by atoms with van der Waals surface area (Å²) in [5.74, 6) is -1.10. The molecule has 0 heterocycles. The van der Waals surface area contributed by atoms with Gasteiger partial charge in [0, 0.05) is 5.02 Å². The average molecular weight is 370 g/mol. The summed E-state index contributed by atoms with van der Waals surface area (Å²) in [4.78, 5) is 11.5. The predicted molar refractivity (Wildman–Crippen MR) is 94.4 cm³/mol. The number of benzene rings is 1. The summed E-state index contributed by atoms with van der Waals surface area (Å²) in [6.07, 6.45) is 0. The number of rotatable bonds is 3. The van der Waals surface area contributed by atoms with E-state index in [1.807, 2.05) is 0 Å². The SMILES string of the molecule is C[Si](C)(C)c1c(Cl)c(C(=O)O)c(Cl)c([Si](C)(C)C)c1Cl. The first-order valence-corrected chi connectivity index (χ1v) is 14.4. The van der Waals surface area contributed by atoms with E-state index in [1.54, 1.807) is 0 Å². The maximum atomic E-state index is 11.5. The minimum absolute atomic E-state index is 0.00687. The molecule has 0 aliphatic rings. The molecule has 0 saturated carbocycles. The number of carboxylic acids is 1. The Hall–Kier alpha value is -0.00623. The van der Waals surface area contributed by atoms with Crippen LogP contribution in [0.4, 0.5) is 0 Å². The number of aromatic carboxylic acids is 1. The van der Waals surface area contributed by atoms with Gasteiger partial charge < -0.3 is 5.11 Å². The van der Waals surface area contributed by atoms with Gasteiger partial charge in [0.2, 0.25) is 0 Å². The van der Waals surface area contributed by atoms with Gasteiger partial charge in [0.25, 0.3) is 0 Å². The van der Waals surface area contributed by atoms with Crippen molar-refractivity contribution in [2.45, 2.75) is 39.3 Å². The minimum Gasteiger partial charge on any atom is -0.478 e. The first kappa shape index (κ1) is 18.0. The second-order valence-corrected chi connectivity index (χ2v) is 18.0. The van der Waals surface area contributed by atoms with Crippen LogP contribution >= 0.6 is 34.8 Å². The van der Waals surface area contributed by atoms with Crippen molar-refractivity contribution in [2.24, 2.45) is 0 Å². The molecule has 0 spiro atoms. The third-order valence-electron chi connectivity index (χ3n) is 3.03. The van der Waals surface area contributed by atoms with Crippen molar-refractivity contribution >= 4 is 67.3 Å². The van der Waals surface area contributed by atoms with Crippen molar-refractivity contribution in [2.75, 3.05) is 0 Å². The van der Waals surface area contributed by atoms with Crippen LogP contribution in [0.2, 0.25) is 54.3 Å². The molecule has 0 saturated heterocycles. The molecular formula is C13H19Cl3O2Si2. The lowest BCUT2D eigenvalue weighted by Crippen LogP contribution is -2.48. The third kappa shape index (κ3) is 3.25. The quantitative estimate of drug-likeness (QED) is 0.800. The summed E-state index contributed by atoms with van der Waals surface area (Å²) in [5, 5.41) is 12.0. The Morgan fingerprint density at radius 1 is 0.800 bits per heavy atom. The monoisotopic (exact) mass is 368 g/mol. The van der Waals surface area contributed by atoms with Gasteiger partial charge in [0.1, 0.15) is 0 Å². The highest BCUT2D eigenvalue weighted by Gasteiger charge is 2.35. The highest BCUT2D eigenvalue weighted by atomic mass is 35.5. The number of hydrogen-bond acceptors (Lipinski definition) is 1. The normalized spacial score (nSPS) is 12.7. The minimum atomic E-state index is -1.90. The molecule has 0 aliphatic carbocycles. The Bertz CT molecular complexity index is 531. The molecule has 0 amide bonds. The van der Waals surface area contributed by atoms with Crippen LogP contribution in [0.5, 0.6) is 0 Å². The second-order valence-electron chi connectivity index (χ2n) is 6.87. The number of carboxylic acid groups (broad SMARTS) is 1. The maximum Gasteiger partial charge on any atom is 0.338 e. The Labute approximate surface area is 137 Å². The Balaban J connectivity index is 4.00. The van der Waals surface area contributed by atoms with E-state index in [0.717, 1.165) is 10.4 Å². The van der Waals surface area contributed by atoms with E-state index in [4.69, 9.17) is 34.8 Å². The number of carbonyl (C=O) groups is 1. The van der Waals surface area contributed by atoms with Gasteiger partial charge in [0.15, 0.2) is 0 Å². The molecular weight excluding hydrogens is 351 g/mol. The molecule has 0 aliphatic heterocycles. The zero-order chi connectivity index (χ0) is 16.0. The lowest BCUT2D eigenvalue weighted by atomic mass is 10.2. The standard InChI is InChI=1S/C13H19Cl3O2Si2/c1-19(2,3)11-8(14)7(13(17)18)9(15)12(10(11)16)20(4,5)6/h1-6H3,(H,17,18). The fourth-order valence-corrected chi connectivity index (χ4v) is 9.70. The van der Waals surface area contributed by atoms with Crippen molar-refractivity contribution in [3.8, 4) is 0 Å². The molecule has 1 rings (SSSR count). The largest absolute Gasteiger partial charge is 0.478 e. The van der Waals surface area contributed by atoms with Gasteiger partial charge in [-0.2, -0.15) is 0 Å². The van der Waals surface area contributed by atoms with Crippen molar-refractivity contribution in [1.82, 2.24) is 0 Å². The van der Waals surface area contributed by atoms with E-state index in [1.165, 1.54) is 0 Å². The molecule has 1 N–H and O–H groups in total. The summed E-state index contributed by atoms with van der Waals surface area (Å²) in [6, 6.07) is 0. The van der Waals surface area contributed by atoms with Gasteiger partial charge in [-0.25, -0.2) is 4.79 Å². The Kier molecular flexibility index (Phi) is 5.10. The van der Waals surface area contributed by atoms with E-state index in [0.29, 0.717) is 5.02 Å². The highest BCUT2D eigenvalue weighted by molar-refractivity contribution is 6.96. The van der Waals surface area contributed by atoms with Gasteiger partial charge in [-0.1, -0.05) is 74.1 Å². The molecule has 2 nitrogen and oxygen atoms in total. The molecule has 112 valence electrons. The van der Waals surface area contributed by atoms with E-state index in [9.17, 15) is 9.90 Å². The molecule has 0 atom stereocenters. The van der Waals surface area contributed by atoms with Crippen molar-refractivity contribution in [3.05, 3.63) is 20.6 Å². The summed E-state index contributed by atoms with van der Waals surface area (Å²) in [7, 11) is -3.79. The van der Waals surface area contributed by atoms with Crippen molar-refractivity contribution < 1.29 is 9.90 Å². The summed E-state index contributed by atoms with van der Waals surface area (Å²) < 4.78 is 0. The van der Waals surface area contributed by atoms with Crippen LogP contribution in [0.25, 0.3) is 0 Å². The van der Waals surface area contributed by atoms with Crippen LogP contribution in [-0.4, -0.2) is 27.2 Å². The van der Waals surface area contributed by atoms with Gasteiger partial charge in [0.05, 0.1) is 31.8 Å². The zero-order valence-corrected chi connectivity index (χ0v) is 16.8. The van der Waals surface area contributed by atoms with Gasteiger partial charge in [-0.15, -0.1) is 0 Å². The summed E-state index contributed by atoms with van der Waals surface area (Å²) in [6.45, 7) is 12.5. The van der Waals surface area contributed by atoms with Crippen LogP contribution < -0.4 is 10.4 Å². The topological polar surface area (TPSA) is 37.3 Å². The van der Waals surface area contributed by atoms with Crippen LogP contribution in [0.3, 0.4) is 0 Å². The molecule has 20 heavy (non-hydrogen) atoms. The van der Waals surface area contributed by atoms with Gasteiger partial charge in [-0.3, -0.25) is 0 Å². The zero-order valence-electron chi connectivity index (χ0n) is 12.5. The van der Waals surface area contributed by atoms with Crippen LogP contribution in [0, 0.1) is 0 Å². The lowest BCUT2D eigenvalue weighted by molar-refractivity contribution is 0.0697. The lowest BCUT2D eigenvalue weighted by Gasteiger charge is -2.29. The molecule has 0 aromatic heterocycles. The number of hydrogen-bond donors (Lipinski definition) is 1. The number of halogens is 3. The van der Waals surface area contributed by atoms with E-state index in [-0.39, 0.29) is 15.6 Å². The summed E-state index contributed by atoms with van der Waals surface area (Å²) >= 11 is 19.2. The van der Waals surface area contributed by atoms with Gasteiger partial charge >= 0.3 is 5.97 Å². The van der Waals surface area contributed by atoms with Crippen LogP contribution in [0.15, 0.2) is 0 Å². The molecule has 0 bridgehead atoms. The Morgan fingerprint density at radius 3 is 1.30 bits per heavy atom. The third-order valence-corrected chi connectivity index (χ3v) is 8.80. The maximum absolute atomic E-state index is 11.5. The molecule has 0 fully saturated rings. The molecule has 1 aromatic rings. The first-order chi connectivity index (χ1) is 8.80.